The second-order valence-electron chi connectivity index (χ2n) is 4.05. The molecule has 1 aromatic rings. The van der Waals surface area contributed by atoms with Crippen LogP contribution < -0.4 is 15.8 Å². The molecular formula is C13H19N3O3. The summed E-state index contributed by atoms with van der Waals surface area (Å²) in [7, 11) is 3.17. The Hall–Kier alpha value is -2.08. The zero-order valence-electron chi connectivity index (χ0n) is 11.2. The van der Waals surface area contributed by atoms with Crippen molar-refractivity contribution in [2.45, 2.75) is 6.54 Å². The standard InChI is InChI=1S/C13H19N3O3/c1-16(13(18)12(17)15-8-7-14)9-10-3-5-11(19-2)6-4-10/h3-6H,7-9,14H2,1-2H3,(H,15,17). The Balaban J connectivity index is 2.55. The Bertz CT molecular complexity index is 431. The summed E-state index contributed by atoms with van der Waals surface area (Å²) < 4.78 is 5.05. The molecule has 0 radical (unpaired) electrons. The van der Waals surface area contributed by atoms with E-state index >= 15 is 0 Å². The van der Waals surface area contributed by atoms with Crippen LogP contribution in [-0.2, 0) is 16.1 Å². The van der Waals surface area contributed by atoms with Crippen molar-refractivity contribution in [2.24, 2.45) is 5.73 Å². The van der Waals surface area contributed by atoms with Gasteiger partial charge in [0.1, 0.15) is 5.75 Å². The molecule has 0 atom stereocenters. The summed E-state index contributed by atoms with van der Waals surface area (Å²) in [6.07, 6.45) is 0. The van der Waals surface area contributed by atoms with Gasteiger partial charge in [0.25, 0.3) is 0 Å². The third-order valence-corrected chi connectivity index (χ3v) is 2.55. The van der Waals surface area contributed by atoms with Crippen LogP contribution >= 0.6 is 0 Å². The number of methoxy groups -OCH3 is 1. The van der Waals surface area contributed by atoms with Crippen molar-refractivity contribution in [1.29, 1.82) is 0 Å². The SMILES string of the molecule is COc1ccc(CN(C)C(=O)C(=O)NCCN)cc1. The first-order valence-electron chi connectivity index (χ1n) is 5.94. The van der Waals surface area contributed by atoms with E-state index in [1.54, 1.807) is 14.2 Å². The van der Waals surface area contributed by atoms with Crippen LogP contribution in [-0.4, -0.2) is 44.0 Å². The van der Waals surface area contributed by atoms with Gasteiger partial charge in [-0.3, -0.25) is 9.59 Å². The van der Waals surface area contributed by atoms with Crippen molar-refractivity contribution < 1.29 is 14.3 Å². The molecule has 6 nitrogen and oxygen atoms in total. The molecule has 0 aliphatic heterocycles. The molecule has 0 heterocycles. The van der Waals surface area contributed by atoms with Gasteiger partial charge in [-0.05, 0) is 17.7 Å². The van der Waals surface area contributed by atoms with Gasteiger partial charge in [-0.2, -0.15) is 0 Å². The minimum Gasteiger partial charge on any atom is -0.497 e. The third-order valence-electron chi connectivity index (χ3n) is 2.55. The first-order valence-corrected chi connectivity index (χ1v) is 5.94. The number of likely N-dealkylation sites (N-methyl/N-ethyl adjacent to an activating group) is 1. The molecule has 3 N–H and O–H groups in total. The molecular weight excluding hydrogens is 246 g/mol. The van der Waals surface area contributed by atoms with Gasteiger partial charge in [-0.1, -0.05) is 12.1 Å². The van der Waals surface area contributed by atoms with E-state index in [-0.39, 0.29) is 0 Å². The highest BCUT2D eigenvalue weighted by atomic mass is 16.5. The Morgan fingerprint density at radius 3 is 2.47 bits per heavy atom. The lowest BCUT2D eigenvalue weighted by Crippen LogP contribution is -2.42. The fourth-order valence-corrected chi connectivity index (χ4v) is 1.51. The Labute approximate surface area is 112 Å². The number of nitrogens with two attached hydrogens (primary N) is 1. The molecule has 0 aliphatic carbocycles. The van der Waals surface area contributed by atoms with Gasteiger partial charge in [0.15, 0.2) is 0 Å². The van der Waals surface area contributed by atoms with E-state index in [1.165, 1.54) is 4.90 Å². The normalized spacial score (nSPS) is 9.84. The summed E-state index contributed by atoms with van der Waals surface area (Å²) in [5.74, 6) is -0.468. The summed E-state index contributed by atoms with van der Waals surface area (Å²) in [4.78, 5) is 24.5. The smallest absolute Gasteiger partial charge is 0.311 e. The number of carbonyl (C=O) groups excluding carboxylic acids is 2. The van der Waals surface area contributed by atoms with Gasteiger partial charge < -0.3 is 20.7 Å². The van der Waals surface area contributed by atoms with Crippen LogP contribution in [0.4, 0.5) is 0 Å². The van der Waals surface area contributed by atoms with Crippen LogP contribution in [0, 0.1) is 0 Å². The predicted molar refractivity (Wildman–Crippen MR) is 71.5 cm³/mol. The lowest BCUT2D eigenvalue weighted by Gasteiger charge is -2.16. The van der Waals surface area contributed by atoms with Crippen molar-refractivity contribution in [3.63, 3.8) is 0 Å². The van der Waals surface area contributed by atoms with E-state index in [0.29, 0.717) is 19.6 Å². The van der Waals surface area contributed by atoms with Crippen molar-refractivity contribution in [1.82, 2.24) is 10.2 Å². The van der Waals surface area contributed by atoms with Crippen molar-refractivity contribution in [3.8, 4) is 5.75 Å². The molecule has 0 unspecified atom stereocenters. The topological polar surface area (TPSA) is 84.7 Å². The molecule has 0 saturated carbocycles. The Morgan fingerprint density at radius 1 is 1.32 bits per heavy atom. The predicted octanol–water partition coefficient (Wildman–Crippen LogP) is -0.271. The number of nitrogens with zero attached hydrogens (tertiary/aromatic N) is 1. The first kappa shape index (κ1) is 15.0. The zero-order valence-corrected chi connectivity index (χ0v) is 11.2. The number of amides is 2. The summed E-state index contributed by atoms with van der Waals surface area (Å²) >= 11 is 0. The number of hydrogen-bond donors (Lipinski definition) is 2. The molecule has 0 aliphatic rings. The highest BCUT2D eigenvalue weighted by molar-refractivity contribution is 6.34. The molecule has 0 bridgehead atoms. The molecule has 0 spiro atoms. The van der Waals surface area contributed by atoms with Crippen LogP contribution in [0.2, 0.25) is 0 Å². The number of nitrogens with one attached hydrogen (secondary N) is 1. The zero-order chi connectivity index (χ0) is 14.3. The summed E-state index contributed by atoms with van der Waals surface area (Å²) in [6, 6.07) is 7.31. The van der Waals surface area contributed by atoms with Crippen LogP contribution in [0.25, 0.3) is 0 Å². The maximum absolute atomic E-state index is 11.7. The number of carbonyl (C=O) groups is 2. The molecule has 104 valence electrons. The Kier molecular flexibility index (Phi) is 5.81. The van der Waals surface area contributed by atoms with Gasteiger partial charge in [0.2, 0.25) is 0 Å². The van der Waals surface area contributed by atoms with E-state index in [9.17, 15) is 9.59 Å². The number of rotatable bonds is 5. The van der Waals surface area contributed by atoms with E-state index in [2.05, 4.69) is 5.32 Å². The molecule has 0 aromatic heterocycles. The molecule has 0 saturated heterocycles. The maximum Gasteiger partial charge on any atom is 0.311 e. The minimum atomic E-state index is -0.638. The van der Waals surface area contributed by atoms with E-state index in [4.69, 9.17) is 10.5 Å². The van der Waals surface area contributed by atoms with Crippen LogP contribution in [0.15, 0.2) is 24.3 Å². The minimum absolute atomic E-state index is 0.293. The lowest BCUT2D eigenvalue weighted by atomic mass is 10.2. The largest absolute Gasteiger partial charge is 0.497 e. The molecule has 2 amide bonds. The molecule has 1 aromatic carbocycles. The van der Waals surface area contributed by atoms with E-state index < -0.39 is 11.8 Å². The van der Waals surface area contributed by atoms with Gasteiger partial charge in [-0.15, -0.1) is 0 Å². The average molecular weight is 265 g/mol. The summed E-state index contributed by atoms with van der Waals surface area (Å²) in [6.45, 7) is 0.959. The van der Waals surface area contributed by atoms with Gasteiger partial charge in [-0.25, -0.2) is 0 Å². The number of benzene rings is 1. The summed E-state index contributed by atoms with van der Waals surface area (Å²) in [5.41, 5.74) is 6.17. The Morgan fingerprint density at radius 2 is 1.95 bits per heavy atom. The van der Waals surface area contributed by atoms with Crippen LogP contribution in [0.3, 0.4) is 0 Å². The van der Waals surface area contributed by atoms with Crippen LogP contribution in [0.5, 0.6) is 5.75 Å². The number of hydrogen-bond acceptors (Lipinski definition) is 4. The van der Waals surface area contributed by atoms with E-state index in [0.717, 1.165) is 11.3 Å². The second-order valence-corrected chi connectivity index (χ2v) is 4.05. The molecule has 0 fully saturated rings. The highest BCUT2D eigenvalue weighted by Crippen LogP contribution is 2.12. The molecule has 6 heteroatoms. The molecule has 19 heavy (non-hydrogen) atoms. The van der Waals surface area contributed by atoms with Crippen molar-refractivity contribution in [2.75, 3.05) is 27.2 Å². The monoisotopic (exact) mass is 265 g/mol. The van der Waals surface area contributed by atoms with E-state index in [1.807, 2.05) is 24.3 Å². The van der Waals surface area contributed by atoms with Crippen LogP contribution in [0.1, 0.15) is 5.56 Å². The van der Waals surface area contributed by atoms with Crippen molar-refractivity contribution in [3.05, 3.63) is 29.8 Å². The first-order chi connectivity index (χ1) is 9.08. The van der Waals surface area contributed by atoms with Gasteiger partial charge >= 0.3 is 11.8 Å². The third kappa shape index (κ3) is 4.59. The quantitative estimate of drug-likeness (QED) is 0.718. The fraction of sp³-hybridized carbons (Fsp3) is 0.385. The second kappa shape index (κ2) is 7.38. The van der Waals surface area contributed by atoms with Gasteiger partial charge in [0, 0.05) is 26.7 Å². The maximum atomic E-state index is 11.7. The number of ether oxygens (including phenoxy) is 1. The van der Waals surface area contributed by atoms with Gasteiger partial charge in [0.05, 0.1) is 7.11 Å². The van der Waals surface area contributed by atoms with Crippen molar-refractivity contribution >= 4 is 11.8 Å². The molecule has 1 rings (SSSR count). The summed E-state index contributed by atoms with van der Waals surface area (Å²) in [5, 5.41) is 2.44. The average Bonchev–Trinajstić information content (AvgIpc) is 2.44. The highest BCUT2D eigenvalue weighted by Gasteiger charge is 2.17. The lowest BCUT2D eigenvalue weighted by molar-refractivity contribution is -0.145. The fourth-order valence-electron chi connectivity index (χ4n) is 1.51.